The predicted octanol–water partition coefficient (Wildman–Crippen LogP) is 1.03. The molecule has 10 heteroatoms. The average Bonchev–Trinajstić information content (AvgIpc) is 3.01. The molecule has 3 heterocycles. The molecule has 2 aliphatic heterocycles. The van der Waals surface area contributed by atoms with Crippen molar-refractivity contribution in [2.75, 3.05) is 6.26 Å². The minimum atomic E-state index is -1.28. The summed E-state index contributed by atoms with van der Waals surface area (Å²) in [6.45, 7) is 1.50. The second kappa shape index (κ2) is 5.93. The standard InChI is InChI=1S/C13H13NO6S3/c1-5(15)7-9(16)14-8(11(17)18)12(22-10(7)14)20-6-3-4-21-13(6)23(2)19/h3-5,7,10,15H,1-2H3,(H,17,18)/t5-,7+,10-,23?/m1/s1. The molecule has 1 amide bonds. The molecule has 1 fully saturated rings. The van der Waals surface area contributed by atoms with E-state index in [-0.39, 0.29) is 10.8 Å². The molecule has 0 radical (unpaired) electrons. The number of aliphatic carboxylic acids is 1. The molecule has 2 aliphatic rings. The van der Waals surface area contributed by atoms with Crippen molar-refractivity contribution in [3.63, 3.8) is 0 Å². The van der Waals surface area contributed by atoms with Crippen molar-refractivity contribution < 1.29 is 28.7 Å². The van der Waals surface area contributed by atoms with Crippen LogP contribution in [0.4, 0.5) is 0 Å². The van der Waals surface area contributed by atoms with Gasteiger partial charge >= 0.3 is 5.97 Å². The Labute approximate surface area is 142 Å². The summed E-state index contributed by atoms with van der Waals surface area (Å²) in [5, 5.41) is 20.3. The van der Waals surface area contributed by atoms with E-state index in [0.717, 1.165) is 16.7 Å². The normalized spacial score (nSPS) is 25.9. The second-order valence-corrected chi connectivity index (χ2v) is 8.63. The van der Waals surface area contributed by atoms with Crippen LogP contribution in [0.25, 0.3) is 0 Å². The number of ether oxygens (including phenoxy) is 1. The Hall–Kier alpha value is -1.36. The molecule has 0 aromatic carbocycles. The highest BCUT2D eigenvalue weighted by atomic mass is 32.2. The maximum atomic E-state index is 12.1. The lowest BCUT2D eigenvalue weighted by Crippen LogP contribution is -2.60. The number of thioether (sulfide) groups is 1. The first kappa shape index (κ1) is 16.5. The number of carboxylic acids is 1. The van der Waals surface area contributed by atoms with E-state index in [1.165, 1.54) is 24.5 Å². The largest absolute Gasteiger partial charge is 0.476 e. The van der Waals surface area contributed by atoms with E-state index >= 15 is 0 Å². The van der Waals surface area contributed by atoms with Crippen LogP contribution in [0.5, 0.6) is 5.75 Å². The number of amides is 1. The van der Waals surface area contributed by atoms with Crippen LogP contribution in [-0.2, 0) is 20.4 Å². The Morgan fingerprint density at radius 2 is 2.22 bits per heavy atom. The van der Waals surface area contributed by atoms with Gasteiger partial charge in [-0.25, -0.2) is 4.79 Å². The van der Waals surface area contributed by atoms with Crippen LogP contribution in [0, 0.1) is 5.92 Å². The number of thiophene rings is 1. The first-order valence-electron chi connectivity index (χ1n) is 6.57. The first-order valence-corrected chi connectivity index (χ1v) is 9.88. The van der Waals surface area contributed by atoms with Crippen molar-refractivity contribution in [1.82, 2.24) is 4.90 Å². The first-order chi connectivity index (χ1) is 10.8. The van der Waals surface area contributed by atoms with Crippen LogP contribution < -0.4 is 4.74 Å². The predicted molar refractivity (Wildman–Crippen MR) is 85.3 cm³/mol. The summed E-state index contributed by atoms with van der Waals surface area (Å²) in [6.07, 6.45) is 0.637. The number of nitrogens with zero attached hydrogens (tertiary/aromatic N) is 1. The van der Waals surface area contributed by atoms with Gasteiger partial charge in [0.2, 0.25) is 5.91 Å². The third-order valence-electron chi connectivity index (χ3n) is 3.53. The number of rotatable bonds is 5. The number of aliphatic hydroxyl groups excluding tert-OH is 1. The van der Waals surface area contributed by atoms with Gasteiger partial charge in [-0.3, -0.25) is 13.9 Å². The Bertz CT molecular complexity index is 740. The van der Waals surface area contributed by atoms with Gasteiger partial charge in [-0.1, -0.05) is 11.8 Å². The van der Waals surface area contributed by atoms with Gasteiger partial charge < -0.3 is 14.9 Å². The minimum Gasteiger partial charge on any atom is -0.476 e. The highest BCUT2D eigenvalue weighted by Gasteiger charge is 2.58. The molecular weight excluding hydrogens is 362 g/mol. The molecule has 1 unspecified atom stereocenters. The van der Waals surface area contributed by atoms with Crippen molar-refractivity contribution >= 4 is 45.8 Å². The van der Waals surface area contributed by atoms with Crippen LogP contribution in [0.15, 0.2) is 26.4 Å². The van der Waals surface area contributed by atoms with Crippen molar-refractivity contribution in [3.05, 3.63) is 22.2 Å². The summed E-state index contributed by atoms with van der Waals surface area (Å²) in [4.78, 5) is 24.7. The van der Waals surface area contributed by atoms with Crippen LogP contribution in [0.3, 0.4) is 0 Å². The van der Waals surface area contributed by atoms with Crippen molar-refractivity contribution in [3.8, 4) is 5.75 Å². The fraction of sp³-hybridized carbons (Fsp3) is 0.385. The van der Waals surface area contributed by atoms with Gasteiger partial charge in [0.05, 0.1) is 22.8 Å². The van der Waals surface area contributed by atoms with Gasteiger partial charge in [-0.15, -0.1) is 11.3 Å². The summed E-state index contributed by atoms with van der Waals surface area (Å²) in [7, 11) is -1.26. The van der Waals surface area contributed by atoms with Crippen molar-refractivity contribution in [2.24, 2.45) is 5.92 Å². The maximum absolute atomic E-state index is 12.1. The molecule has 124 valence electrons. The lowest BCUT2D eigenvalue weighted by atomic mass is 9.92. The van der Waals surface area contributed by atoms with Gasteiger partial charge in [0.1, 0.15) is 9.58 Å². The second-order valence-electron chi connectivity index (χ2n) is 5.05. The zero-order chi connectivity index (χ0) is 16.9. The molecule has 1 aromatic rings. The summed E-state index contributed by atoms with van der Waals surface area (Å²) in [5.74, 6) is -2.04. The molecule has 0 spiro atoms. The van der Waals surface area contributed by atoms with E-state index in [1.807, 2.05) is 0 Å². The molecule has 1 saturated heterocycles. The van der Waals surface area contributed by atoms with Crippen molar-refractivity contribution in [1.29, 1.82) is 0 Å². The molecule has 0 aliphatic carbocycles. The molecule has 3 rings (SSSR count). The monoisotopic (exact) mass is 375 g/mol. The lowest BCUT2D eigenvalue weighted by Gasteiger charge is -2.43. The number of carbonyl (C=O) groups excluding carboxylic acids is 1. The van der Waals surface area contributed by atoms with E-state index in [4.69, 9.17) is 4.74 Å². The zero-order valence-electron chi connectivity index (χ0n) is 12.1. The Morgan fingerprint density at radius 1 is 1.52 bits per heavy atom. The number of carbonyl (C=O) groups is 2. The number of β-lactam (4-membered cyclic amide) rings is 1. The zero-order valence-corrected chi connectivity index (χ0v) is 14.5. The lowest BCUT2D eigenvalue weighted by molar-refractivity contribution is -0.156. The summed E-state index contributed by atoms with van der Waals surface area (Å²) < 4.78 is 17.8. The number of carboxylic acid groups (broad SMARTS) is 1. The van der Waals surface area contributed by atoms with E-state index in [0.29, 0.717) is 9.96 Å². The molecule has 7 nitrogen and oxygen atoms in total. The summed E-state index contributed by atoms with van der Waals surface area (Å²) >= 11 is 2.33. The van der Waals surface area contributed by atoms with Crippen LogP contribution in [-0.4, -0.2) is 48.9 Å². The number of aliphatic hydroxyl groups is 1. The Kier molecular flexibility index (Phi) is 4.25. The highest BCUT2D eigenvalue weighted by Crippen LogP contribution is 2.51. The van der Waals surface area contributed by atoms with Gasteiger partial charge in [0.15, 0.2) is 16.5 Å². The minimum absolute atomic E-state index is 0.0732. The fourth-order valence-electron chi connectivity index (χ4n) is 2.49. The van der Waals surface area contributed by atoms with Gasteiger partial charge in [0, 0.05) is 6.26 Å². The molecule has 4 atom stereocenters. The Morgan fingerprint density at radius 3 is 2.78 bits per heavy atom. The van der Waals surface area contributed by atoms with E-state index in [1.54, 1.807) is 11.4 Å². The molecular formula is C13H13NO6S3. The topological polar surface area (TPSA) is 104 Å². The molecule has 0 bridgehead atoms. The van der Waals surface area contributed by atoms with E-state index in [2.05, 4.69) is 0 Å². The van der Waals surface area contributed by atoms with Gasteiger partial charge in [0.25, 0.3) is 0 Å². The van der Waals surface area contributed by atoms with Crippen LogP contribution >= 0.6 is 23.1 Å². The van der Waals surface area contributed by atoms with Crippen LogP contribution in [0.2, 0.25) is 0 Å². The molecule has 0 saturated carbocycles. The molecule has 23 heavy (non-hydrogen) atoms. The summed E-state index contributed by atoms with van der Waals surface area (Å²) in [5.41, 5.74) is -0.235. The smallest absolute Gasteiger partial charge is 0.357 e. The molecule has 2 N–H and O–H groups in total. The quantitative estimate of drug-likeness (QED) is 0.741. The summed E-state index contributed by atoms with van der Waals surface area (Å²) in [6, 6.07) is 1.61. The number of hydrogen-bond donors (Lipinski definition) is 2. The van der Waals surface area contributed by atoms with Crippen LogP contribution in [0.1, 0.15) is 6.92 Å². The third kappa shape index (κ3) is 2.59. The van der Waals surface area contributed by atoms with Gasteiger partial charge in [-0.2, -0.15) is 0 Å². The molecule has 1 aromatic heterocycles. The third-order valence-corrected chi connectivity index (χ3v) is 7.17. The van der Waals surface area contributed by atoms with Gasteiger partial charge in [-0.05, 0) is 18.4 Å². The average molecular weight is 375 g/mol. The van der Waals surface area contributed by atoms with Crippen molar-refractivity contribution in [2.45, 2.75) is 22.6 Å². The fourth-order valence-corrected chi connectivity index (χ4v) is 5.59. The number of hydrogen-bond acceptors (Lipinski definition) is 7. The van der Waals surface area contributed by atoms with E-state index in [9.17, 15) is 24.0 Å². The van der Waals surface area contributed by atoms with E-state index < -0.39 is 40.1 Å². The number of fused-ring (bicyclic) bond motifs is 1. The Balaban J connectivity index is 1.92. The maximum Gasteiger partial charge on any atom is 0.357 e. The highest BCUT2D eigenvalue weighted by molar-refractivity contribution is 8.03. The SMILES string of the molecule is C[C@@H](O)[C@H]1C(=O)N2C(C(=O)O)=C(Oc3ccsc3S(C)=O)S[C@H]12.